The van der Waals surface area contributed by atoms with Gasteiger partial charge in [0, 0.05) is 54.8 Å². The third-order valence-electron chi connectivity index (χ3n) is 8.51. The number of H-pyrrole nitrogens is 2. The number of nitrogens with zero attached hydrogens (tertiary/aromatic N) is 2. The summed E-state index contributed by atoms with van der Waals surface area (Å²) in [4.78, 5) is 67.4. The molecule has 3 amide bonds. The Labute approximate surface area is 293 Å². The molecule has 51 heavy (non-hydrogen) atoms. The lowest BCUT2D eigenvalue weighted by molar-refractivity contribution is -0.142. The number of aliphatic imine (C=N–C) groups is 1. The smallest absolute Gasteiger partial charge is 0.326 e. The minimum atomic E-state index is -1.30. The molecule has 0 bridgehead atoms. The first-order valence-corrected chi connectivity index (χ1v) is 16.5. The third kappa shape index (κ3) is 9.92. The van der Waals surface area contributed by atoms with Gasteiger partial charge in [-0.1, -0.05) is 60.7 Å². The normalized spacial score (nSPS) is 13.5. The van der Waals surface area contributed by atoms with Gasteiger partial charge < -0.3 is 48.2 Å². The number of carboxylic acid groups (broad SMARTS) is 1. The lowest BCUT2D eigenvalue weighted by Crippen LogP contribution is -2.58. The van der Waals surface area contributed by atoms with Crippen LogP contribution < -0.4 is 33.2 Å². The van der Waals surface area contributed by atoms with Crippen molar-refractivity contribution in [2.45, 2.75) is 56.3 Å². The highest BCUT2D eigenvalue weighted by Gasteiger charge is 2.31. The number of aromatic amines is 2. The number of amides is 3. The summed E-state index contributed by atoms with van der Waals surface area (Å²) in [5.74, 6) is -3.33. The molecule has 266 valence electrons. The number of carboxylic acids is 1. The molecule has 4 atom stereocenters. The van der Waals surface area contributed by atoms with E-state index in [1.54, 1.807) is 12.4 Å². The molecule has 0 spiro atoms. The maximum Gasteiger partial charge on any atom is 0.326 e. The van der Waals surface area contributed by atoms with Crippen molar-refractivity contribution in [3.63, 3.8) is 0 Å². The van der Waals surface area contributed by atoms with Crippen LogP contribution >= 0.6 is 0 Å². The summed E-state index contributed by atoms with van der Waals surface area (Å²) in [7, 11) is 0. The van der Waals surface area contributed by atoms with E-state index in [4.69, 9.17) is 17.2 Å². The molecule has 5 aromatic rings. The topological polar surface area (TPSA) is 259 Å². The maximum absolute atomic E-state index is 14.0. The van der Waals surface area contributed by atoms with Crippen LogP contribution in [0.15, 0.2) is 90.4 Å². The van der Waals surface area contributed by atoms with E-state index in [1.165, 1.54) is 6.33 Å². The summed E-state index contributed by atoms with van der Waals surface area (Å²) in [6.45, 7) is 0.166. The number of rotatable bonds is 17. The predicted molar refractivity (Wildman–Crippen MR) is 193 cm³/mol. The van der Waals surface area contributed by atoms with Gasteiger partial charge in [0.2, 0.25) is 17.7 Å². The Bertz CT molecular complexity index is 2000. The van der Waals surface area contributed by atoms with Gasteiger partial charge >= 0.3 is 5.97 Å². The number of nitrogens with two attached hydrogens (primary N) is 3. The average Bonchev–Trinajstić information content (AvgIpc) is 3.78. The molecule has 2 heterocycles. The second-order valence-electron chi connectivity index (χ2n) is 12.3. The Morgan fingerprint density at radius 3 is 2.25 bits per heavy atom. The number of fused-ring (bicyclic) bond motifs is 2. The molecule has 0 saturated carbocycles. The van der Waals surface area contributed by atoms with Gasteiger partial charge in [-0.2, -0.15) is 0 Å². The van der Waals surface area contributed by atoms with Crippen LogP contribution in [0.5, 0.6) is 0 Å². The molecule has 0 saturated heterocycles. The number of para-hydroxylation sites is 1. The van der Waals surface area contributed by atoms with Crippen molar-refractivity contribution >= 4 is 51.3 Å². The van der Waals surface area contributed by atoms with Crippen LogP contribution in [0.2, 0.25) is 0 Å². The van der Waals surface area contributed by atoms with Crippen molar-refractivity contribution in [2.75, 3.05) is 6.54 Å². The van der Waals surface area contributed by atoms with E-state index in [-0.39, 0.29) is 44.6 Å². The van der Waals surface area contributed by atoms with Gasteiger partial charge in [-0.05, 0) is 40.8 Å². The van der Waals surface area contributed by atoms with Crippen molar-refractivity contribution in [1.82, 2.24) is 30.9 Å². The number of carbonyl (C=O) groups excluding carboxylic acids is 3. The molecule has 5 rings (SSSR count). The SMILES string of the molecule is NC(N)=NCCC[C@H](NC(=O)[C@H](Cc1ccc2ccccc2c1)NC(=O)[C@@H](N)Cc1cnc[nH]1)C(=O)N[C@@H](Cc1c[nH]c2ccccc12)C(=O)O. The van der Waals surface area contributed by atoms with E-state index in [0.29, 0.717) is 11.3 Å². The van der Waals surface area contributed by atoms with Crippen molar-refractivity contribution < 1.29 is 24.3 Å². The molecule has 0 radical (unpaired) electrons. The van der Waals surface area contributed by atoms with Gasteiger partial charge in [0.05, 0.1) is 12.4 Å². The molecule has 0 unspecified atom stereocenters. The van der Waals surface area contributed by atoms with Gasteiger partial charge in [-0.15, -0.1) is 0 Å². The molecule has 2 aromatic heterocycles. The van der Waals surface area contributed by atoms with E-state index in [0.717, 1.165) is 27.2 Å². The number of aromatic nitrogens is 3. The molecule has 0 fully saturated rings. The zero-order valence-electron chi connectivity index (χ0n) is 27.8. The third-order valence-corrected chi connectivity index (χ3v) is 8.51. The number of carbonyl (C=O) groups is 4. The van der Waals surface area contributed by atoms with E-state index >= 15 is 0 Å². The van der Waals surface area contributed by atoms with Gasteiger partial charge in [-0.3, -0.25) is 19.4 Å². The first-order valence-electron chi connectivity index (χ1n) is 16.5. The maximum atomic E-state index is 14.0. The highest BCUT2D eigenvalue weighted by atomic mass is 16.4. The minimum Gasteiger partial charge on any atom is -0.480 e. The van der Waals surface area contributed by atoms with Crippen LogP contribution in [0.4, 0.5) is 0 Å². The lowest BCUT2D eigenvalue weighted by atomic mass is 10.00. The Balaban J connectivity index is 1.36. The monoisotopic (exact) mass is 694 g/mol. The molecule has 0 aliphatic rings. The fourth-order valence-corrected chi connectivity index (χ4v) is 5.85. The molecule has 15 nitrogen and oxygen atoms in total. The van der Waals surface area contributed by atoms with E-state index in [2.05, 4.69) is 35.9 Å². The van der Waals surface area contributed by atoms with E-state index in [1.807, 2.05) is 66.7 Å². The number of imidazole rings is 1. The Morgan fingerprint density at radius 2 is 1.51 bits per heavy atom. The van der Waals surface area contributed by atoms with Crippen LogP contribution in [0.25, 0.3) is 21.7 Å². The fraction of sp³-hybridized carbons (Fsp3) is 0.278. The van der Waals surface area contributed by atoms with Crippen molar-refractivity contribution in [3.8, 4) is 0 Å². The van der Waals surface area contributed by atoms with Crippen LogP contribution in [0, 0.1) is 0 Å². The highest BCUT2D eigenvalue weighted by molar-refractivity contribution is 5.95. The average molecular weight is 695 g/mol. The number of hydrogen-bond donors (Lipinski definition) is 9. The molecule has 0 aliphatic heterocycles. The van der Waals surface area contributed by atoms with Crippen LogP contribution in [-0.2, 0) is 38.4 Å². The van der Waals surface area contributed by atoms with Crippen molar-refractivity contribution in [1.29, 1.82) is 0 Å². The number of nitrogens with one attached hydrogen (secondary N) is 5. The predicted octanol–water partition coefficient (Wildman–Crippen LogP) is 0.992. The van der Waals surface area contributed by atoms with Gasteiger partial charge in [-0.25, -0.2) is 9.78 Å². The second-order valence-corrected chi connectivity index (χ2v) is 12.3. The lowest BCUT2D eigenvalue weighted by Gasteiger charge is -2.25. The molecule has 12 N–H and O–H groups in total. The van der Waals surface area contributed by atoms with Crippen LogP contribution in [-0.4, -0.2) is 80.4 Å². The summed E-state index contributed by atoms with van der Waals surface area (Å²) in [5, 5.41) is 21.0. The zero-order valence-corrected chi connectivity index (χ0v) is 27.8. The first-order chi connectivity index (χ1) is 24.6. The summed E-state index contributed by atoms with van der Waals surface area (Å²) in [5.41, 5.74) is 20.1. The van der Waals surface area contributed by atoms with Crippen LogP contribution in [0.1, 0.15) is 29.7 Å². The molecule has 15 heteroatoms. The van der Waals surface area contributed by atoms with Crippen LogP contribution in [0.3, 0.4) is 0 Å². The van der Waals surface area contributed by atoms with E-state index < -0.39 is 47.9 Å². The summed E-state index contributed by atoms with van der Waals surface area (Å²) in [6, 6.07) is 16.2. The second kappa shape index (κ2) is 16.9. The number of hydrogen-bond acceptors (Lipinski definition) is 7. The minimum absolute atomic E-state index is 0.00534. The molecular weight excluding hydrogens is 652 g/mol. The highest BCUT2D eigenvalue weighted by Crippen LogP contribution is 2.20. The number of aliphatic carboxylic acids is 1. The summed E-state index contributed by atoms with van der Waals surface area (Å²) < 4.78 is 0. The number of guanidine groups is 1. The van der Waals surface area contributed by atoms with E-state index in [9.17, 15) is 24.3 Å². The first kappa shape index (κ1) is 36.1. The Kier molecular flexibility index (Phi) is 12.0. The quantitative estimate of drug-likeness (QED) is 0.0381. The Morgan fingerprint density at radius 1 is 0.804 bits per heavy atom. The Hall–Kier alpha value is -6.22. The summed E-state index contributed by atoms with van der Waals surface area (Å²) >= 11 is 0. The molecular formula is C36H42N10O5. The van der Waals surface area contributed by atoms with Gasteiger partial charge in [0.15, 0.2) is 5.96 Å². The van der Waals surface area contributed by atoms with Gasteiger partial charge in [0.25, 0.3) is 0 Å². The summed E-state index contributed by atoms with van der Waals surface area (Å²) in [6.07, 6.45) is 5.33. The number of benzene rings is 3. The van der Waals surface area contributed by atoms with Crippen molar-refractivity contribution in [2.24, 2.45) is 22.2 Å². The fourth-order valence-electron chi connectivity index (χ4n) is 5.85. The zero-order chi connectivity index (χ0) is 36.3. The standard InChI is InChI=1S/C36H42N10O5/c37-27(17-25-19-40-20-43-25)32(47)45-30(15-21-11-12-22-6-1-2-7-23(22)14-21)34(49)44-29(10-5-13-41-36(38)39)33(48)46-31(35(50)51)16-24-18-42-28-9-4-3-8-26(24)28/h1-4,6-9,11-12,14,18-20,27,29-31,42H,5,10,13,15-17,37H2,(H,40,43)(H,44,49)(H,45,47)(H,46,48)(H,50,51)(H4,38,39,41)/t27-,29-,30-,31-/m0/s1. The molecule has 0 aliphatic carbocycles. The van der Waals surface area contributed by atoms with Crippen molar-refractivity contribution in [3.05, 3.63) is 102 Å². The largest absolute Gasteiger partial charge is 0.480 e. The van der Waals surface area contributed by atoms with Gasteiger partial charge in [0.1, 0.15) is 18.1 Å². The molecule has 3 aromatic carbocycles.